The fourth-order valence-electron chi connectivity index (χ4n) is 5.00. The molecule has 3 aromatic rings. The molecule has 1 saturated carbocycles. The first-order valence-corrected chi connectivity index (χ1v) is 17.4. The van der Waals surface area contributed by atoms with Crippen molar-refractivity contribution >= 4 is 56.8 Å². The van der Waals surface area contributed by atoms with Gasteiger partial charge >= 0.3 is 6.80 Å². The normalized spacial score (nSPS) is 29.3. The molecular formula is C22H26FN5O10P2S2. The van der Waals surface area contributed by atoms with Crippen molar-refractivity contribution in [1.29, 1.82) is 0 Å². The third-order valence-corrected chi connectivity index (χ3v) is 9.15. The van der Waals surface area contributed by atoms with Gasteiger partial charge in [-0.15, -0.1) is 12.2 Å². The summed E-state index contributed by atoms with van der Waals surface area (Å²) in [4.78, 5) is 37.4. The van der Waals surface area contributed by atoms with Gasteiger partial charge in [0.25, 0.3) is 12.0 Å². The number of nitrogens with one attached hydrogen (secondary N) is 1. The molecule has 1 aliphatic heterocycles. The molecule has 20 heteroatoms. The standard InChI is InChI=1S/C22H26FN5O10P2S2/c23-13-5-28(20-17(13)21(31)27-9-26-20)22-19(33-10-29)18(30)15(37-22)7-35-40(32,42)38-14-4-12(3-11(14)6-34-39-41)36-16-1-2-24-8-25-16/h1-2,5,8-12,14-15,18-19,22,30,39,41H,3-4,6-7H2,(H,32,42)(H,26,27,31)/t11-,12-,14+,15-,18-,19-,22-,40?/m1/s1. The topological polar surface area (TPSA) is 186 Å². The molecule has 0 amide bonds. The van der Waals surface area contributed by atoms with Crippen molar-refractivity contribution < 1.29 is 46.6 Å². The minimum absolute atomic E-state index is 0.0662. The lowest BCUT2D eigenvalue weighted by Gasteiger charge is -2.24. The number of aromatic amines is 1. The van der Waals surface area contributed by atoms with Gasteiger partial charge in [-0.1, -0.05) is 12.2 Å². The molecule has 15 nitrogen and oxygen atoms in total. The van der Waals surface area contributed by atoms with Gasteiger partial charge in [0.2, 0.25) is 5.88 Å². The molecule has 1 saturated heterocycles. The zero-order chi connectivity index (χ0) is 29.9. The number of H-pyrrole nitrogens is 1. The van der Waals surface area contributed by atoms with Crippen LogP contribution in [0.1, 0.15) is 19.1 Å². The zero-order valence-electron chi connectivity index (χ0n) is 21.5. The Morgan fingerprint density at radius 1 is 1.33 bits per heavy atom. The SMILES string of the molecule is O=CO[C@@H]1[C@H](O)[C@@H](COP(=O)(S)O[C@H]2C[C@H](Oc3ccncn3)C[C@@H]2COPS)O[C@H]1n1cc(F)c2c(=O)[nH]cnc21. The highest BCUT2D eigenvalue weighted by Crippen LogP contribution is 2.57. The van der Waals surface area contributed by atoms with Gasteiger partial charge in [0.15, 0.2) is 23.8 Å². The van der Waals surface area contributed by atoms with Gasteiger partial charge in [0, 0.05) is 30.8 Å². The molecule has 9 atom stereocenters. The van der Waals surface area contributed by atoms with E-state index >= 15 is 0 Å². The molecule has 1 aliphatic carbocycles. The van der Waals surface area contributed by atoms with Gasteiger partial charge in [0.05, 0.1) is 33.7 Å². The molecule has 0 spiro atoms. The number of aliphatic hydroxyl groups is 1. The van der Waals surface area contributed by atoms with Crippen LogP contribution in [-0.2, 0) is 32.4 Å². The second kappa shape index (κ2) is 13.7. The molecule has 2 aliphatic rings. The number of aliphatic hydroxyl groups excluding tert-OH is 1. The molecule has 4 heterocycles. The van der Waals surface area contributed by atoms with Crippen LogP contribution >= 0.6 is 39.3 Å². The van der Waals surface area contributed by atoms with Crippen molar-refractivity contribution in [2.24, 2.45) is 5.92 Å². The van der Waals surface area contributed by atoms with E-state index in [2.05, 4.69) is 44.4 Å². The van der Waals surface area contributed by atoms with E-state index in [1.54, 1.807) is 12.3 Å². The number of aromatic nitrogens is 5. The summed E-state index contributed by atoms with van der Waals surface area (Å²) in [6, 6.07) is 1.61. The Morgan fingerprint density at radius 3 is 2.90 bits per heavy atom. The molecule has 2 fully saturated rings. The maximum absolute atomic E-state index is 14.6. The van der Waals surface area contributed by atoms with Gasteiger partial charge in [-0.2, -0.15) is 0 Å². The van der Waals surface area contributed by atoms with Gasteiger partial charge < -0.3 is 28.8 Å². The molecule has 0 aromatic carbocycles. The third kappa shape index (κ3) is 6.98. The van der Waals surface area contributed by atoms with E-state index in [-0.39, 0.29) is 44.1 Å². The summed E-state index contributed by atoms with van der Waals surface area (Å²) in [5.41, 5.74) is -0.835. The summed E-state index contributed by atoms with van der Waals surface area (Å²) in [6.07, 6.45) is -0.544. The average Bonchev–Trinajstić information content (AvgIpc) is 3.60. The lowest BCUT2D eigenvalue weighted by Crippen LogP contribution is -2.35. The molecule has 5 rings (SSSR count). The third-order valence-electron chi connectivity index (χ3n) is 6.83. The minimum atomic E-state index is -4.05. The molecule has 42 heavy (non-hydrogen) atoms. The Bertz CT molecular complexity index is 1490. The van der Waals surface area contributed by atoms with Gasteiger partial charge in [-0.3, -0.25) is 23.2 Å². The number of carbonyl (C=O) groups excluding carboxylic acids is 1. The van der Waals surface area contributed by atoms with Crippen molar-refractivity contribution in [3.8, 4) is 5.88 Å². The number of ether oxygens (including phenoxy) is 3. The van der Waals surface area contributed by atoms with E-state index in [9.17, 15) is 23.7 Å². The lowest BCUT2D eigenvalue weighted by molar-refractivity contribution is -0.142. The lowest BCUT2D eigenvalue weighted by atomic mass is 10.1. The van der Waals surface area contributed by atoms with Crippen LogP contribution in [-0.4, -0.2) is 79.8 Å². The molecular weight excluding hydrogens is 639 g/mol. The highest BCUT2D eigenvalue weighted by Gasteiger charge is 2.48. The molecule has 0 radical (unpaired) electrons. The second-order valence-electron chi connectivity index (χ2n) is 9.40. The number of fused-ring (bicyclic) bond motifs is 1. The van der Waals surface area contributed by atoms with Crippen molar-refractivity contribution in [2.45, 2.75) is 49.6 Å². The van der Waals surface area contributed by atoms with E-state index in [0.29, 0.717) is 18.7 Å². The first-order valence-electron chi connectivity index (χ1n) is 12.5. The quantitative estimate of drug-likeness (QED) is 0.118. The van der Waals surface area contributed by atoms with Gasteiger partial charge in [-0.25, -0.2) is 23.9 Å². The summed E-state index contributed by atoms with van der Waals surface area (Å²) < 4.78 is 62.4. The van der Waals surface area contributed by atoms with Crippen molar-refractivity contribution in [3.63, 3.8) is 0 Å². The maximum atomic E-state index is 14.6. The van der Waals surface area contributed by atoms with Gasteiger partial charge in [-0.05, 0) is 6.42 Å². The van der Waals surface area contributed by atoms with Crippen molar-refractivity contribution in [1.82, 2.24) is 24.5 Å². The fourth-order valence-corrected chi connectivity index (χ4v) is 7.08. The van der Waals surface area contributed by atoms with Gasteiger partial charge in [0.1, 0.15) is 30.0 Å². The van der Waals surface area contributed by atoms with Crippen LogP contribution in [0.4, 0.5) is 4.39 Å². The number of halogens is 1. The monoisotopic (exact) mass is 665 g/mol. The van der Waals surface area contributed by atoms with Crippen LogP contribution in [0.25, 0.3) is 11.0 Å². The van der Waals surface area contributed by atoms with Crippen LogP contribution < -0.4 is 10.3 Å². The van der Waals surface area contributed by atoms with Crippen molar-refractivity contribution in [2.75, 3.05) is 13.2 Å². The molecule has 2 unspecified atom stereocenters. The van der Waals surface area contributed by atoms with E-state index in [1.807, 2.05) is 0 Å². The number of carbonyl (C=O) groups is 1. The Kier molecular flexibility index (Phi) is 10.2. The number of hydrogen-bond donors (Lipinski definition) is 4. The van der Waals surface area contributed by atoms with Crippen molar-refractivity contribution in [3.05, 3.63) is 47.3 Å². The Morgan fingerprint density at radius 2 is 2.17 bits per heavy atom. The first-order chi connectivity index (χ1) is 20.2. The van der Waals surface area contributed by atoms with E-state index in [1.165, 1.54) is 6.33 Å². The van der Waals surface area contributed by atoms with E-state index in [4.69, 9.17) is 27.8 Å². The number of hydrogen-bond acceptors (Lipinski definition) is 14. The largest absolute Gasteiger partial charge is 0.474 e. The van der Waals surface area contributed by atoms with Crippen LogP contribution in [0.2, 0.25) is 0 Å². The summed E-state index contributed by atoms with van der Waals surface area (Å²) >= 11 is 8.21. The summed E-state index contributed by atoms with van der Waals surface area (Å²) in [5, 5.41) is 10.5. The number of rotatable bonds is 13. The fraction of sp³-hybridized carbons (Fsp3) is 0.500. The predicted octanol–water partition coefficient (Wildman–Crippen LogP) is 2.21. The average molecular weight is 666 g/mol. The number of thiol groups is 2. The van der Waals surface area contributed by atoms with Crippen LogP contribution in [0.15, 0.2) is 35.9 Å². The summed E-state index contributed by atoms with van der Waals surface area (Å²) in [7, 11) is -0.0662. The number of nitrogens with zero attached hydrogens (tertiary/aromatic N) is 4. The second-order valence-corrected chi connectivity index (χ2v) is 13.3. The molecule has 0 bridgehead atoms. The minimum Gasteiger partial charge on any atom is -0.474 e. The zero-order valence-corrected chi connectivity index (χ0v) is 25.1. The van der Waals surface area contributed by atoms with Crippen LogP contribution in [0.5, 0.6) is 5.88 Å². The Labute approximate surface area is 249 Å². The van der Waals surface area contributed by atoms with E-state index < -0.39 is 55.4 Å². The summed E-state index contributed by atoms with van der Waals surface area (Å²) in [6.45, 7) is -4.20. The predicted molar refractivity (Wildman–Crippen MR) is 151 cm³/mol. The smallest absolute Gasteiger partial charge is 0.386 e. The van der Waals surface area contributed by atoms with E-state index in [0.717, 1.165) is 17.1 Å². The molecule has 228 valence electrons. The highest BCUT2D eigenvalue weighted by molar-refractivity contribution is 8.44. The maximum Gasteiger partial charge on any atom is 0.386 e. The van der Waals surface area contributed by atoms with Crippen LogP contribution in [0.3, 0.4) is 0 Å². The molecule has 2 N–H and O–H groups in total. The molecule has 3 aromatic heterocycles. The summed E-state index contributed by atoms with van der Waals surface area (Å²) in [5.74, 6) is -0.747. The Balaban J connectivity index is 1.26. The first kappa shape index (κ1) is 31.3. The highest BCUT2D eigenvalue weighted by atomic mass is 32.7. The Hall–Kier alpha value is -2.14. The van der Waals surface area contributed by atoms with Crippen LogP contribution in [0, 0.1) is 11.7 Å².